The van der Waals surface area contributed by atoms with Crippen molar-refractivity contribution < 1.29 is 13.6 Å². The summed E-state index contributed by atoms with van der Waals surface area (Å²) in [6, 6.07) is 11.4. The standard InChI is InChI=1S/C17H21O3P/c1-12-8-6-10-16(14(12)3)19-21(5,18)20-17-11-7-9-13(2)15(17)4/h6-11H,1-5H3. The highest BCUT2D eigenvalue weighted by Crippen LogP contribution is 2.46. The second-order valence-electron chi connectivity index (χ2n) is 5.35. The summed E-state index contributed by atoms with van der Waals surface area (Å²) < 4.78 is 23.9. The molecule has 0 unspecified atom stereocenters. The minimum Gasteiger partial charge on any atom is -0.416 e. The minimum absolute atomic E-state index is 0.603. The van der Waals surface area contributed by atoms with Gasteiger partial charge in [0.05, 0.1) is 6.66 Å². The molecule has 0 fully saturated rings. The lowest BCUT2D eigenvalue weighted by Crippen LogP contribution is -2.02. The highest BCUT2D eigenvalue weighted by atomic mass is 31.2. The molecule has 0 spiro atoms. The summed E-state index contributed by atoms with van der Waals surface area (Å²) >= 11 is 0. The van der Waals surface area contributed by atoms with Gasteiger partial charge in [0.25, 0.3) is 0 Å². The maximum Gasteiger partial charge on any atom is 0.427 e. The SMILES string of the molecule is Cc1cccc(OP(C)(=O)Oc2cccc(C)c2C)c1C. The second-order valence-corrected chi connectivity index (χ2v) is 7.26. The van der Waals surface area contributed by atoms with Crippen LogP contribution in [0.15, 0.2) is 36.4 Å². The van der Waals surface area contributed by atoms with Gasteiger partial charge >= 0.3 is 7.60 Å². The van der Waals surface area contributed by atoms with Crippen molar-refractivity contribution in [1.29, 1.82) is 0 Å². The maximum absolute atomic E-state index is 12.6. The Kier molecular flexibility index (Phi) is 4.43. The fraction of sp³-hybridized carbons (Fsp3) is 0.294. The summed E-state index contributed by atoms with van der Waals surface area (Å²) in [6.45, 7) is 9.38. The van der Waals surface area contributed by atoms with Gasteiger partial charge < -0.3 is 9.05 Å². The van der Waals surface area contributed by atoms with Crippen molar-refractivity contribution in [1.82, 2.24) is 0 Å². The van der Waals surface area contributed by atoms with Gasteiger partial charge in [-0.1, -0.05) is 24.3 Å². The smallest absolute Gasteiger partial charge is 0.416 e. The summed E-state index contributed by atoms with van der Waals surface area (Å²) in [5, 5.41) is 0. The molecule has 112 valence electrons. The Hall–Kier alpha value is -1.73. The molecule has 0 atom stereocenters. The molecule has 0 saturated heterocycles. The Morgan fingerprint density at radius 3 is 1.52 bits per heavy atom. The van der Waals surface area contributed by atoms with Crippen LogP contribution >= 0.6 is 7.60 Å². The molecule has 3 nitrogen and oxygen atoms in total. The first-order valence-corrected chi connectivity index (χ1v) is 8.88. The number of benzene rings is 2. The summed E-state index contributed by atoms with van der Waals surface area (Å²) in [6.07, 6.45) is 0. The van der Waals surface area contributed by atoms with Crippen molar-refractivity contribution in [2.24, 2.45) is 0 Å². The van der Waals surface area contributed by atoms with Crippen LogP contribution in [-0.4, -0.2) is 6.66 Å². The van der Waals surface area contributed by atoms with Gasteiger partial charge in [0, 0.05) is 0 Å². The number of aryl methyl sites for hydroxylation is 2. The Balaban J connectivity index is 2.25. The first-order chi connectivity index (χ1) is 9.80. The third kappa shape index (κ3) is 3.68. The molecule has 2 rings (SSSR count). The zero-order valence-corrected chi connectivity index (χ0v) is 14.0. The number of rotatable bonds is 4. The van der Waals surface area contributed by atoms with Crippen LogP contribution in [0.5, 0.6) is 11.5 Å². The predicted octanol–water partition coefficient (Wildman–Crippen LogP) is 5.20. The molecule has 2 aromatic rings. The maximum atomic E-state index is 12.6. The molecule has 0 N–H and O–H groups in total. The molecule has 4 heteroatoms. The van der Waals surface area contributed by atoms with Crippen LogP contribution in [0.4, 0.5) is 0 Å². The second kappa shape index (κ2) is 5.95. The Morgan fingerprint density at radius 2 is 1.14 bits per heavy atom. The van der Waals surface area contributed by atoms with E-state index in [0.29, 0.717) is 11.5 Å². The normalized spacial score (nSPS) is 11.3. The minimum atomic E-state index is -3.23. The summed E-state index contributed by atoms with van der Waals surface area (Å²) in [7, 11) is -3.23. The average molecular weight is 304 g/mol. The van der Waals surface area contributed by atoms with E-state index < -0.39 is 7.60 Å². The molecule has 0 amide bonds. The van der Waals surface area contributed by atoms with Gasteiger partial charge in [-0.25, -0.2) is 4.57 Å². The molecule has 0 saturated carbocycles. The fourth-order valence-corrected chi connectivity index (χ4v) is 3.17. The fourth-order valence-electron chi connectivity index (χ4n) is 2.02. The van der Waals surface area contributed by atoms with Gasteiger partial charge in [-0.3, -0.25) is 0 Å². The van der Waals surface area contributed by atoms with E-state index >= 15 is 0 Å². The van der Waals surface area contributed by atoms with Crippen LogP contribution in [-0.2, 0) is 4.57 Å². The summed E-state index contributed by atoms with van der Waals surface area (Å²) in [5.41, 5.74) is 4.15. The zero-order chi connectivity index (χ0) is 15.6. The van der Waals surface area contributed by atoms with Gasteiger partial charge in [0.15, 0.2) is 0 Å². The van der Waals surface area contributed by atoms with Crippen LogP contribution < -0.4 is 9.05 Å². The molecule has 0 aromatic heterocycles. The summed E-state index contributed by atoms with van der Waals surface area (Å²) in [4.78, 5) is 0. The van der Waals surface area contributed by atoms with Gasteiger partial charge in [0.1, 0.15) is 11.5 Å². The zero-order valence-electron chi connectivity index (χ0n) is 13.1. The molecule has 0 bridgehead atoms. The average Bonchev–Trinajstić information content (AvgIpc) is 2.40. The highest BCUT2D eigenvalue weighted by molar-refractivity contribution is 7.53. The van der Waals surface area contributed by atoms with Gasteiger partial charge in [-0.2, -0.15) is 0 Å². The molecular weight excluding hydrogens is 283 g/mol. The third-order valence-electron chi connectivity index (χ3n) is 3.64. The molecule has 0 radical (unpaired) electrons. The molecule has 0 heterocycles. The van der Waals surface area contributed by atoms with Crippen molar-refractivity contribution in [3.8, 4) is 11.5 Å². The van der Waals surface area contributed by atoms with E-state index in [4.69, 9.17) is 9.05 Å². The van der Waals surface area contributed by atoms with Crippen molar-refractivity contribution in [2.75, 3.05) is 6.66 Å². The molecular formula is C17H21O3P. The molecule has 0 aliphatic heterocycles. The topological polar surface area (TPSA) is 35.5 Å². The van der Waals surface area contributed by atoms with Crippen LogP contribution in [0.2, 0.25) is 0 Å². The van der Waals surface area contributed by atoms with Crippen molar-refractivity contribution >= 4 is 7.60 Å². The third-order valence-corrected chi connectivity index (χ3v) is 4.69. The molecule has 2 aromatic carbocycles. The largest absolute Gasteiger partial charge is 0.427 e. The van der Waals surface area contributed by atoms with E-state index in [2.05, 4.69) is 0 Å². The predicted molar refractivity (Wildman–Crippen MR) is 86.6 cm³/mol. The lowest BCUT2D eigenvalue weighted by Gasteiger charge is -2.19. The van der Waals surface area contributed by atoms with Gasteiger partial charge in [-0.15, -0.1) is 0 Å². The lowest BCUT2D eigenvalue weighted by atomic mass is 10.1. The quantitative estimate of drug-likeness (QED) is 0.728. The van der Waals surface area contributed by atoms with E-state index in [-0.39, 0.29) is 0 Å². The lowest BCUT2D eigenvalue weighted by molar-refractivity contribution is 0.391. The first-order valence-electron chi connectivity index (χ1n) is 6.89. The Labute approximate surface area is 126 Å². The van der Waals surface area contributed by atoms with Crippen molar-refractivity contribution in [3.63, 3.8) is 0 Å². The van der Waals surface area contributed by atoms with Gasteiger partial charge in [-0.05, 0) is 62.1 Å². The molecule has 0 aliphatic carbocycles. The first kappa shape index (κ1) is 15.7. The van der Waals surface area contributed by atoms with Crippen LogP contribution in [0.25, 0.3) is 0 Å². The van der Waals surface area contributed by atoms with E-state index in [1.807, 2.05) is 64.1 Å². The van der Waals surface area contributed by atoms with E-state index in [0.717, 1.165) is 22.3 Å². The monoisotopic (exact) mass is 304 g/mol. The van der Waals surface area contributed by atoms with Crippen LogP contribution in [0.1, 0.15) is 22.3 Å². The van der Waals surface area contributed by atoms with E-state index in [9.17, 15) is 4.57 Å². The van der Waals surface area contributed by atoms with Crippen molar-refractivity contribution in [2.45, 2.75) is 27.7 Å². The van der Waals surface area contributed by atoms with E-state index in [1.54, 1.807) is 0 Å². The van der Waals surface area contributed by atoms with Crippen LogP contribution in [0, 0.1) is 27.7 Å². The van der Waals surface area contributed by atoms with Crippen LogP contribution in [0.3, 0.4) is 0 Å². The summed E-state index contributed by atoms with van der Waals surface area (Å²) in [5.74, 6) is 1.21. The Bertz CT molecular complexity index is 650. The highest BCUT2D eigenvalue weighted by Gasteiger charge is 2.22. The number of hydrogen-bond acceptors (Lipinski definition) is 3. The number of hydrogen-bond donors (Lipinski definition) is 0. The van der Waals surface area contributed by atoms with E-state index in [1.165, 1.54) is 6.66 Å². The molecule has 0 aliphatic rings. The van der Waals surface area contributed by atoms with Gasteiger partial charge in [0.2, 0.25) is 0 Å². The Morgan fingerprint density at radius 1 is 0.762 bits per heavy atom. The molecule has 21 heavy (non-hydrogen) atoms. The van der Waals surface area contributed by atoms with Crippen molar-refractivity contribution in [3.05, 3.63) is 58.7 Å².